The third-order valence-electron chi connectivity index (χ3n) is 4.71. The maximum atomic E-state index is 13.1. The molecule has 1 amide bonds. The quantitative estimate of drug-likeness (QED) is 0.621. The highest BCUT2D eigenvalue weighted by Gasteiger charge is 2.34. The Morgan fingerprint density at radius 3 is 2.50 bits per heavy atom. The first-order chi connectivity index (χ1) is 12.8. The second-order valence-corrected chi connectivity index (χ2v) is 7.33. The van der Waals surface area contributed by atoms with E-state index in [1.165, 1.54) is 10.4 Å². The van der Waals surface area contributed by atoms with E-state index in [1.54, 1.807) is 16.3 Å². The molecule has 2 heterocycles. The molecule has 4 rings (SSSR count). The molecule has 26 heavy (non-hydrogen) atoms. The molecule has 0 fully saturated rings. The lowest BCUT2D eigenvalue weighted by Crippen LogP contribution is -2.26. The van der Waals surface area contributed by atoms with E-state index in [9.17, 15) is 4.79 Å². The number of hydrogen-bond donors (Lipinski definition) is 0. The van der Waals surface area contributed by atoms with Crippen LogP contribution in [0.15, 0.2) is 77.2 Å². The van der Waals surface area contributed by atoms with Gasteiger partial charge in [0.2, 0.25) is 0 Å². The Morgan fingerprint density at radius 2 is 1.85 bits per heavy atom. The molecule has 1 aliphatic heterocycles. The smallest absolute Gasteiger partial charge is 0.267 e. The number of thiophene rings is 1. The summed E-state index contributed by atoms with van der Waals surface area (Å²) in [7, 11) is 0. The van der Waals surface area contributed by atoms with Gasteiger partial charge in [-0.3, -0.25) is 4.79 Å². The van der Waals surface area contributed by atoms with E-state index < -0.39 is 0 Å². The molecule has 130 valence electrons. The lowest BCUT2D eigenvalue weighted by Gasteiger charge is -2.20. The zero-order chi connectivity index (χ0) is 17.9. The summed E-state index contributed by atoms with van der Waals surface area (Å²) in [6, 6.07) is 22.0. The third-order valence-corrected chi connectivity index (χ3v) is 5.68. The van der Waals surface area contributed by atoms with Crippen LogP contribution in [0.25, 0.3) is 0 Å². The molecular weight excluding hydrogens is 340 g/mol. The average molecular weight is 360 g/mol. The second-order valence-electron chi connectivity index (χ2n) is 6.35. The first-order valence-electron chi connectivity index (χ1n) is 8.85. The van der Waals surface area contributed by atoms with Crippen LogP contribution in [0.3, 0.4) is 0 Å². The molecule has 2 aromatic carbocycles. The maximum Gasteiger partial charge on any atom is 0.274 e. The first-order valence-corrected chi connectivity index (χ1v) is 9.73. The van der Waals surface area contributed by atoms with Crippen molar-refractivity contribution < 1.29 is 4.79 Å². The van der Waals surface area contributed by atoms with E-state index in [-0.39, 0.29) is 11.9 Å². The SMILES string of the molecule is CCc1ccc(C2=NN(C(=O)c3ccccc3)[C@H](c3cccs3)C2)cc1. The van der Waals surface area contributed by atoms with Gasteiger partial charge in [-0.1, -0.05) is 55.5 Å². The number of hydrazone groups is 1. The van der Waals surface area contributed by atoms with Gasteiger partial charge in [-0.15, -0.1) is 11.3 Å². The summed E-state index contributed by atoms with van der Waals surface area (Å²) in [5.74, 6) is -0.0517. The van der Waals surface area contributed by atoms with Gasteiger partial charge >= 0.3 is 0 Å². The highest BCUT2D eigenvalue weighted by molar-refractivity contribution is 7.10. The first kappa shape index (κ1) is 16.7. The lowest BCUT2D eigenvalue weighted by atomic mass is 10.0. The Labute approximate surface area is 157 Å². The zero-order valence-electron chi connectivity index (χ0n) is 14.6. The summed E-state index contributed by atoms with van der Waals surface area (Å²) in [6.45, 7) is 2.15. The van der Waals surface area contributed by atoms with Crippen LogP contribution in [0.4, 0.5) is 0 Å². The maximum absolute atomic E-state index is 13.1. The second kappa shape index (κ2) is 7.26. The highest BCUT2D eigenvalue weighted by Crippen LogP contribution is 2.36. The number of amides is 1. The Morgan fingerprint density at radius 1 is 1.08 bits per heavy atom. The predicted molar refractivity (Wildman–Crippen MR) is 107 cm³/mol. The summed E-state index contributed by atoms with van der Waals surface area (Å²) in [4.78, 5) is 14.2. The molecule has 0 N–H and O–H groups in total. The molecular formula is C22H20N2OS. The summed E-state index contributed by atoms with van der Waals surface area (Å²) in [5.41, 5.74) is 4.03. The average Bonchev–Trinajstić information content (AvgIpc) is 3.38. The van der Waals surface area contributed by atoms with E-state index in [2.05, 4.69) is 42.6 Å². The van der Waals surface area contributed by atoms with E-state index in [1.807, 2.05) is 36.4 Å². The van der Waals surface area contributed by atoms with Crippen molar-refractivity contribution in [2.45, 2.75) is 25.8 Å². The summed E-state index contributed by atoms with van der Waals surface area (Å²) < 4.78 is 0. The van der Waals surface area contributed by atoms with Gasteiger partial charge in [0.05, 0.1) is 11.8 Å². The number of carbonyl (C=O) groups is 1. The van der Waals surface area contributed by atoms with Crippen molar-refractivity contribution >= 4 is 23.0 Å². The lowest BCUT2D eigenvalue weighted by molar-refractivity contribution is 0.0714. The predicted octanol–water partition coefficient (Wildman–Crippen LogP) is 5.30. The fraction of sp³-hybridized carbons (Fsp3) is 0.182. The van der Waals surface area contributed by atoms with Crippen molar-refractivity contribution in [2.75, 3.05) is 0 Å². The molecule has 4 heteroatoms. The van der Waals surface area contributed by atoms with E-state index in [0.717, 1.165) is 24.1 Å². The number of hydrogen-bond acceptors (Lipinski definition) is 3. The zero-order valence-corrected chi connectivity index (χ0v) is 15.4. The van der Waals surface area contributed by atoms with Gasteiger partial charge in [0.15, 0.2) is 0 Å². The molecule has 0 bridgehead atoms. The normalized spacial score (nSPS) is 16.6. The van der Waals surface area contributed by atoms with Crippen LogP contribution in [-0.4, -0.2) is 16.6 Å². The molecule has 3 nitrogen and oxygen atoms in total. The Kier molecular flexibility index (Phi) is 4.67. The Balaban J connectivity index is 1.69. The van der Waals surface area contributed by atoms with Crippen molar-refractivity contribution in [3.05, 3.63) is 93.7 Å². The third kappa shape index (κ3) is 3.20. The molecule has 1 aromatic heterocycles. The van der Waals surface area contributed by atoms with Gasteiger partial charge < -0.3 is 0 Å². The molecule has 0 spiro atoms. The van der Waals surface area contributed by atoms with Gasteiger partial charge in [0.25, 0.3) is 5.91 Å². The molecule has 0 unspecified atom stereocenters. The van der Waals surface area contributed by atoms with Crippen LogP contribution in [-0.2, 0) is 6.42 Å². The molecule has 0 saturated heterocycles. The van der Waals surface area contributed by atoms with Crippen LogP contribution in [0.5, 0.6) is 0 Å². The topological polar surface area (TPSA) is 32.7 Å². The standard InChI is InChI=1S/C22H20N2OS/c1-2-16-10-12-17(13-11-16)19-15-20(21-9-6-14-26-21)24(23-19)22(25)18-7-4-3-5-8-18/h3-14,20H,2,15H2,1H3/t20-/m0/s1. The number of carbonyl (C=O) groups excluding carboxylic acids is 1. The van der Waals surface area contributed by atoms with Crippen LogP contribution >= 0.6 is 11.3 Å². The summed E-state index contributed by atoms with van der Waals surface area (Å²) >= 11 is 1.67. The van der Waals surface area contributed by atoms with E-state index >= 15 is 0 Å². The van der Waals surface area contributed by atoms with Gasteiger partial charge in [0, 0.05) is 16.9 Å². The number of nitrogens with zero attached hydrogens (tertiary/aromatic N) is 2. The van der Waals surface area contributed by atoms with Gasteiger partial charge in [0.1, 0.15) is 0 Å². The van der Waals surface area contributed by atoms with Crippen molar-refractivity contribution in [1.29, 1.82) is 0 Å². The number of rotatable bonds is 4. The van der Waals surface area contributed by atoms with Crippen molar-refractivity contribution in [3.8, 4) is 0 Å². The minimum atomic E-state index is -0.0517. The number of aryl methyl sites for hydroxylation is 1. The minimum absolute atomic E-state index is 0.0384. The molecule has 0 saturated carbocycles. The van der Waals surface area contributed by atoms with Crippen molar-refractivity contribution in [1.82, 2.24) is 5.01 Å². The van der Waals surface area contributed by atoms with Gasteiger partial charge in [-0.2, -0.15) is 5.10 Å². The fourth-order valence-corrected chi connectivity index (χ4v) is 4.03. The Hall–Kier alpha value is -2.72. The van der Waals surface area contributed by atoms with Crippen LogP contribution in [0.1, 0.15) is 45.7 Å². The number of benzene rings is 2. The highest BCUT2D eigenvalue weighted by atomic mass is 32.1. The minimum Gasteiger partial charge on any atom is -0.267 e. The van der Waals surface area contributed by atoms with Gasteiger partial charge in [-0.25, -0.2) is 5.01 Å². The summed E-state index contributed by atoms with van der Waals surface area (Å²) in [5, 5.41) is 8.44. The largest absolute Gasteiger partial charge is 0.274 e. The van der Waals surface area contributed by atoms with Crippen molar-refractivity contribution in [3.63, 3.8) is 0 Å². The molecule has 1 atom stereocenters. The van der Waals surface area contributed by atoms with Gasteiger partial charge in [-0.05, 0) is 41.1 Å². The van der Waals surface area contributed by atoms with Crippen LogP contribution in [0, 0.1) is 0 Å². The molecule has 1 aliphatic rings. The molecule has 0 aliphatic carbocycles. The monoisotopic (exact) mass is 360 g/mol. The Bertz CT molecular complexity index is 915. The molecule has 0 radical (unpaired) electrons. The van der Waals surface area contributed by atoms with E-state index in [0.29, 0.717) is 5.56 Å². The summed E-state index contributed by atoms with van der Waals surface area (Å²) in [6.07, 6.45) is 1.76. The fourth-order valence-electron chi connectivity index (χ4n) is 3.22. The van der Waals surface area contributed by atoms with Crippen molar-refractivity contribution in [2.24, 2.45) is 5.10 Å². The van der Waals surface area contributed by atoms with Crippen LogP contribution in [0.2, 0.25) is 0 Å². The van der Waals surface area contributed by atoms with E-state index in [4.69, 9.17) is 5.10 Å². The van der Waals surface area contributed by atoms with Crippen LogP contribution < -0.4 is 0 Å². The molecule has 3 aromatic rings.